The average molecular weight is 431 g/mol. The zero-order valence-corrected chi connectivity index (χ0v) is 17.2. The zero-order chi connectivity index (χ0) is 20.5. The van der Waals surface area contributed by atoms with Gasteiger partial charge in [0.15, 0.2) is 0 Å². The summed E-state index contributed by atoms with van der Waals surface area (Å²) in [5.74, 6) is -0.228. The van der Waals surface area contributed by atoms with Crippen molar-refractivity contribution in [3.63, 3.8) is 0 Å². The van der Waals surface area contributed by atoms with Gasteiger partial charge in [-0.1, -0.05) is 35.9 Å². The summed E-state index contributed by atoms with van der Waals surface area (Å²) in [6.45, 7) is 0. The van der Waals surface area contributed by atoms with E-state index in [0.29, 0.717) is 16.4 Å². The molecule has 5 aromatic rings. The SMILES string of the molecule is O=C(Nc1cccc(-c2csc(-c3cccnc3)n2)c1)c1cc2cccc(Cl)c2[nH]1. The Bertz CT molecular complexity index is 1360. The summed E-state index contributed by atoms with van der Waals surface area (Å²) >= 11 is 7.76. The van der Waals surface area contributed by atoms with Crippen LogP contribution in [-0.2, 0) is 0 Å². The standard InChI is InChI=1S/C23H15ClN4OS/c24-18-8-2-5-15-11-19(27-21(15)18)22(29)26-17-7-1-4-14(10-17)20-13-30-23(28-20)16-6-3-9-25-12-16/h1-13,27H,(H,26,29). The van der Waals surface area contributed by atoms with Crippen LogP contribution in [0.5, 0.6) is 0 Å². The summed E-state index contributed by atoms with van der Waals surface area (Å²) < 4.78 is 0. The van der Waals surface area contributed by atoms with Crippen molar-refractivity contribution in [3.8, 4) is 21.8 Å². The first-order valence-corrected chi connectivity index (χ1v) is 10.5. The molecule has 3 heterocycles. The molecule has 146 valence electrons. The van der Waals surface area contributed by atoms with E-state index in [2.05, 4.69) is 15.3 Å². The fourth-order valence-corrected chi connectivity index (χ4v) is 4.27. The van der Waals surface area contributed by atoms with Crippen molar-refractivity contribution in [2.75, 3.05) is 5.32 Å². The van der Waals surface area contributed by atoms with Crippen molar-refractivity contribution in [2.45, 2.75) is 0 Å². The van der Waals surface area contributed by atoms with Crippen LogP contribution < -0.4 is 5.32 Å². The normalized spacial score (nSPS) is 11.0. The highest BCUT2D eigenvalue weighted by molar-refractivity contribution is 7.13. The number of hydrogen-bond donors (Lipinski definition) is 2. The average Bonchev–Trinajstić information content (AvgIpc) is 3.43. The lowest BCUT2D eigenvalue weighted by Gasteiger charge is -2.05. The maximum Gasteiger partial charge on any atom is 0.272 e. The van der Waals surface area contributed by atoms with E-state index in [-0.39, 0.29) is 5.91 Å². The lowest BCUT2D eigenvalue weighted by atomic mass is 10.1. The number of pyridine rings is 1. The van der Waals surface area contributed by atoms with E-state index in [1.54, 1.807) is 35.9 Å². The quantitative estimate of drug-likeness (QED) is 0.353. The van der Waals surface area contributed by atoms with E-state index in [9.17, 15) is 4.79 Å². The lowest BCUT2D eigenvalue weighted by Crippen LogP contribution is -2.12. The number of H-pyrrole nitrogens is 1. The number of thiazole rings is 1. The number of para-hydroxylation sites is 1. The Labute approximate surface area is 181 Å². The molecule has 0 atom stereocenters. The second kappa shape index (κ2) is 7.74. The molecular weight excluding hydrogens is 416 g/mol. The molecule has 0 spiro atoms. The molecular formula is C23H15ClN4OS. The summed E-state index contributed by atoms with van der Waals surface area (Å²) in [6.07, 6.45) is 3.54. The minimum absolute atomic E-state index is 0.228. The van der Waals surface area contributed by atoms with Crippen LogP contribution in [0.4, 0.5) is 5.69 Å². The Balaban J connectivity index is 1.39. The third kappa shape index (κ3) is 3.58. The van der Waals surface area contributed by atoms with Crippen LogP contribution in [0.2, 0.25) is 5.02 Å². The predicted octanol–water partition coefficient (Wildman–Crippen LogP) is 6.26. The second-order valence-corrected chi connectivity index (χ2v) is 7.97. The fraction of sp³-hybridized carbons (Fsp3) is 0. The predicted molar refractivity (Wildman–Crippen MR) is 122 cm³/mol. The number of benzene rings is 2. The number of fused-ring (bicyclic) bond motifs is 1. The van der Waals surface area contributed by atoms with Gasteiger partial charge in [0.25, 0.3) is 5.91 Å². The number of amides is 1. The van der Waals surface area contributed by atoms with Gasteiger partial charge in [-0.3, -0.25) is 9.78 Å². The van der Waals surface area contributed by atoms with Crippen LogP contribution in [0.1, 0.15) is 10.5 Å². The van der Waals surface area contributed by atoms with E-state index >= 15 is 0 Å². The molecule has 5 nitrogen and oxygen atoms in total. The van der Waals surface area contributed by atoms with Crippen molar-refractivity contribution in [1.82, 2.24) is 15.0 Å². The van der Waals surface area contributed by atoms with Gasteiger partial charge in [0.05, 0.1) is 16.2 Å². The highest BCUT2D eigenvalue weighted by Crippen LogP contribution is 2.30. The lowest BCUT2D eigenvalue weighted by molar-refractivity contribution is 0.102. The molecule has 0 fully saturated rings. The van der Waals surface area contributed by atoms with E-state index in [4.69, 9.17) is 16.6 Å². The topological polar surface area (TPSA) is 70.7 Å². The first-order chi connectivity index (χ1) is 14.7. The fourth-order valence-electron chi connectivity index (χ4n) is 3.22. The Morgan fingerprint density at radius 3 is 2.73 bits per heavy atom. The monoisotopic (exact) mass is 430 g/mol. The summed E-state index contributed by atoms with van der Waals surface area (Å²) in [5.41, 5.74) is 4.67. The molecule has 2 N–H and O–H groups in total. The summed E-state index contributed by atoms with van der Waals surface area (Å²) in [4.78, 5) is 24.7. The molecule has 0 aliphatic carbocycles. The minimum Gasteiger partial charge on any atom is -0.349 e. The number of nitrogens with one attached hydrogen (secondary N) is 2. The molecule has 2 aromatic carbocycles. The van der Waals surface area contributed by atoms with Crippen molar-refractivity contribution in [2.24, 2.45) is 0 Å². The third-order valence-corrected chi connectivity index (χ3v) is 5.89. The smallest absolute Gasteiger partial charge is 0.272 e. The van der Waals surface area contributed by atoms with Crippen LogP contribution in [-0.4, -0.2) is 20.9 Å². The molecule has 0 bridgehead atoms. The molecule has 7 heteroatoms. The second-order valence-electron chi connectivity index (χ2n) is 6.70. The van der Waals surface area contributed by atoms with Crippen LogP contribution in [0.3, 0.4) is 0 Å². The number of anilines is 1. The van der Waals surface area contributed by atoms with Gasteiger partial charge in [0, 0.05) is 40.0 Å². The number of nitrogens with zero attached hydrogens (tertiary/aromatic N) is 2. The van der Waals surface area contributed by atoms with Gasteiger partial charge in [0.2, 0.25) is 0 Å². The number of rotatable bonds is 4. The zero-order valence-electron chi connectivity index (χ0n) is 15.6. The molecule has 30 heavy (non-hydrogen) atoms. The molecule has 0 unspecified atom stereocenters. The van der Waals surface area contributed by atoms with Crippen molar-refractivity contribution in [1.29, 1.82) is 0 Å². The number of halogens is 1. The van der Waals surface area contributed by atoms with Gasteiger partial charge in [-0.25, -0.2) is 4.98 Å². The van der Waals surface area contributed by atoms with Crippen molar-refractivity contribution < 1.29 is 4.79 Å². The van der Waals surface area contributed by atoms with E-state index < -0.39 is 0 Å². The number of carbonyl (C=O) groups is 1. The summed E-state index contributed by atoms with van der Waals surface area (Å²) in [7, 11) is 0. The number of aromatic amines is 1. The third-order valence-electron chi connectivity index (χ3n) is 4.68. The van der Waals surface area contributed by atoms with Gasteiger partial charge in [-0.05, 0) is 36.4 Å². The molecule has 0 aliphatic rings. The number of aromatic nitrogens is 3. The molecule has 0 saturated carbocycles. The molecule has 1 amide bonds. The number of hydrogen-bond acceptors (Lipinski definition) is 4. The Hall–Kier alpha value is -3.48. The first-order valence-electron chi connectivity index (χ1n) is 9.22. The minimum atomic E-state index is -0.228. The molecule has 0 saturated heterocycles. The van der Waals surface area contributed by atoms with Crippen molar-refractivity contribution >= 4 is 45.4 Å². The van der Waals surface area contributed by atoms with Crippen molar-refractivity contribution in [3.05, 3.63) is 89.2 Å². The van der Waals surface area contributed by atoms with Gasteiger partial charge < -0.3 is 10.3 Å². The van der Waals surface area contributed by atoms with E-state index in [0.717, 1.165) is 32.7 Å². The van der Waals surface area contributed by atoms with Crippen LogP contribution in [0.15, 0.2) is 78.4 Å². The largest absolute Gasteiger partial charge is 0.349 e. The van der Waals surface area contributed by atoms with Crippen LogP contribution in [0.25, 0.3) is 32.7 Å². The highest BCUT2D eigenvalue weighted by atomic mass is 35.5. The Morgan fingerprint density at radius 2 is 1.90 bits per heavy atom. The van der Waals surface area contributed by atoms with Gasteiger partial charge in [-0.2, -0.15) is 0 Å². The van der Waals surface area contributed by atoms with Crippen LogP contribution >= 0.6 is 22.9 Å². The summed E-state index contributed by atoms with van der Waals surface area (Å²) in [6, 6.07) is 18.9. The van der Waals surface area contributed by atoms with E-state index in [1.807, 2.05) is 53.9 Å². The summed E-state index contributed by atoms with van der Waals surface area (Å²) in [5, 5.41) is 7.33. The highest BCUT2D eigenvalue weighted by Gasteiger charge is 2.12. The number of carbonyl (C=O) groups excluding carboxylic acids is 1. The van der Waals surface area contributed by atoms with Gasteiger partial charge in [0.1, 0.15) is 10.7 Å². The first kappa shape index (κ1) is 18.5. The molecule has 5 rings (SSSR count). The molecule has 0 aliphatic heterocycles. The molecule has 3 aromatic heterocycles. The van der Waals surface area contributed by atoms with Crippen LogP contribution in [0, 0.1) is 0 Å². The van der Waals surface area contributed by atoms with Gasteiger partial charge in [-0.15, -0.1) is 11.3 Å². The Kier molecular flexibility index (Phi) is 4.78. The maximum atomic E-state index is 12.7. The van der Waals surface area contributed by atoms with E-state index in [1.165, 1.54) is 0 Å². The Morgan fingerprint density at radius 1 is 1.03 bits per heavy atom. The maximum absolute atomic E-state index is 12.7. The molecule has 0 radical (unpaired) electrons. The van der Waals surface area contributed by atoms with Gasteiger partial charge >= 0.3 is 0 Å².